The molecule has 21 heavy (non-hydrogen) atoms. The summed E-state index contributed by atoms with van der Waals surface area (Å²) in [5, 5.41) is 4.23. The molecular formula is C15H13Cl2N3O. The van der Waals surface area contributed by atoms with Gasteiger partial charge in [-0.15, -0.1) is 0 Å². The Kier molecular flexibility index (Phi) is 4.08. The fourth-order valence-corrected chi connectivity index (χ4v) is 2.95. The first-order valence-electron chi connectivity index (χ1n) is 6.63. The Labute approximate surface area is 132 Å². The molecule has 108 valence electrons. The number of halogens is 2. The van der Waals surface area contributed by atoms with Crippen molar-refractivity contribution in [1.82, 2.24) is 15.3 Å². The van der Waals surface area contributed by atoms with Gasteiger partial charge in [-0.2, -0.15) is 0 Å². The molecule has 1 saturated carbocycles. The monoisotopic (exact) mass is 321 g/mol. The minimum atomic E-state index is -0.150. The third-order valence-electron chi connectivity index (χ3n) is 3.63. The first-order valence-corrected chi connectivity index (χ1v) is 7.39. The second-order valence-corrected chi connectivity index (χ2v) is 5.95. The second kappa shape index (κ2) is 6.00. The minimum absolute atomic E-state index is 0.150. The van der Waals surface area contributed by atoms with Crippen LogP contribution in [0.5, 0.6) is 0 Å². The van der Waals surface area contributed by atoms with Crippen molar-refractivity contribution in [3.63, 3.8) is 0 Å². The normalized spacial score (nSPS) is 20.1. The Bertz CT molecular complexity index is 663. The fourth-order valence-electron chi connectivity index (χ4n) is 2.40. The fraction of sp³-hybridized carbons (Fsp3) is 0.267. The van der Waals surface area contributed by atoms with Crippen LogP contribution in [0, 0.1) is 5.92 Å². The van der Waals surface area contributed by atoms with Crippen molar-refractivity contribution in [1.29, 1.82) is 0 Å². The summed E-state index contributed by atoms with van der Waals surface area (Å²) in [6.07, 6.45) is 5.43. The minimum Gasteiger partial charge on any atom is -0.352 e. The average Bonchev–Trinajstić information content (AvgIpc) is 3.25. The molecule has 0 radical (unpaired) electrons. The van der Waals surface area contributed by atoms with Crippen LogP contribution in [0.4, 0.5) is 0 Å². The molecule has 1 heterocycles. The number of hydrogen-bond acceptors (Lipinski definition) is 3. The lowest BCUT2D eigenvalue weighted by Crippen LogP contribution is -2.26. The van der Waals surface area contributed by atoms with E-state index < -0.39 is 0 Å². The highest BCUT2D eigenvalue weighted by Crippen LogP contribution is 2.49. The van der Waals surface area contributed by atoms with E-state index in [1.807, 2.05) is 12.1 Å². The molecule has 0 spiro atoms. The van der Waals surface area contributed by atoms with Crippen LogP contribution in [-0.2, 0) is 0 Å². The molecule has 2 aromatic rings. The van der Waals surface area contributed by atoms with Crippen molar-refractivity contribution in [2.45, 2.75) is 12.3 Å². The van der Waals surface area contributed by atoms with E-state index in [1.165, 1.54) is 18.7 Å². The van der Waals surface area contributed by atoms with Gasteiger partial charge in [0.1, 0.15) is 6.33 Å². The van der Waals surface area contributed by atoms with Gasteiger partial charge in [0.15, 0.2) is 0 Å². The number of aromatic nitrogens is 2. The molecule has 4 nitrogen and oxygen atoms in total. The summed E-state index contributed by atoms with van der Waals surface area (Å²) in [6, 6.07) is 5.56. The van der Waals surface area contributed by atoms with Crippen molar-refractivity contribution in [3.05, 3.63) is 58.1 Å². The van der Waals surface area contributed by atoms with Crippen LogP contribution in [0.25, 0.3) is 0 Å². The van der Waals surface area contributed by atoms with Crippen LogP contribution in [0.1, 0.15) is 28.3 Å². The number of benzene rings is 1. The Balaban J connectivity index is 1.56. The second-order valence-electron chi connectivity index (χ2n) is 5.11. The van der Waals surface area contributed by atoms with E-state index in [-0.39, 0.29) is 5.91 Å². The number of nitrogens with one attached hydrogen (secondary N) is 1. The molecule has 6 heteroatoms. The van der Waals surface area contributed by atoms with Crippen LogP contribution >= 0.6 is 23.2 Å². The lowest BCUT2D eigenvalue weighted by Gasteiger charge is -2.06. The van der Waals surface area contributed by atoms with E-state index in [4.69, 9.17) is 23.2 Å². The predicted molar refractivity (Wildman–Crippen MR) is 81.7 cm³/mol. The largest absolute Gasteiger partial charge is 0.352 e. The third-order valence-corrected chi connectivity index (χ3v) is 4.19. The van der Waals surface area contributed by atoms with Gasteiger partial charge in [-0.25, -0.2) is 9.97 Å². The van der Waals surface area contributed by atoms with Gasteiger partial charge < -0.3 is 5.32 Å². The lowest BCUT2D eigenvalue weighted by atomic mass is 10.1. The summed E-state index contributed by atoms with van der Waals surface area (Å²) in [6.45, 7) is 0.622. The molecule has 1 fully saturated rings. The molecule has 1 aliphatic rings. The first-order chi connectivity index (χ1) is 10.1. The summed E-state index contributed by atoms with van der Waals surface area (Å²) in [7, 11) is 0. The van der Waals surface area contributed by atoms with Crippen LogP contribution in [0.15, 0.2) is 36.9 Å². The Morgan fingerprint density at radius 3 is 2.76 bits per heavy atom. The van der Waals surface area contributed by atoms with E-state index in [1.54, 1.807) is 6.07 Å². The van der Waals surface area contributed by atoms with Gasteiger partial charge in [0.05, 0.1) is 5.56 Å². The molecule has 3 rings (SSSR count). The van der Waals surface area contributed by atoms with E-state index in [2.05, 4.69) is 15.3 Å². The zero-order valence-electron chi connectivity index (χ0n) is 11.1. The number of carbonyl (C=O) groups excluding carboxylic acids is 1. The van der Waals surface area contributed by atoms with Gasteiger partial charge in [-0.1, -0.05) is 29.3 Å². The SMILES string of the molecule is O=C(NC[C@@H]1C[C@H]1c1ccc(Cl)cc1Cl)c1cncnc1. The first kappa shape index (κ1) is 14.3. The van der Waals surface area contributed by atoms with E-state index in [9.17, 15) is 4.79 Å². The third kappa shape index (κ3) is 3.34. The highest BCUT2D eigenvalue weighted by Gasteiger charge is 2.39. The number of rotatable bonds is 4. The number of nitrogens with zero attached hydrogens (tertiary/aromatic N) is 2. The molecule has 0 saturated heterocycles. The Hall–Kier alpha value is -1.65. The molecule has 1 aliphatic carbocycles. The summed E-state index contributed by atoms with van der Waals surface area (Å²) in [5.41, 5.74) is 1.57. The smallest absolute Gasteiger partial charge is 0.254 e. The molecule has 1 N–H and O–H groups in total. The highest BCUT2D eigenvalue weighted by molar-refractivity contribution is 6.35. The molecular weight excluding hydrogens is 309 g/mol. The van der Waals surface area contributed by atoms with Gasteiger partial charge in [0, 0.05) is 29.0 Å². The van der Waals surface area contributed by atoms with Crippen molar-refractivity contribution in [2.75, 3.05) is 6.54 Å². The lowest BCUT2D eigenvalue weighted by molar-refractivity contribution is 0.0951. The Morgan fingerprint density at radius 1 is 1.29 bits per heavy atom. The highest BCUT2D eigenvalue weighted by atomic mass is 35.5. The standard InChI is InChI=1S/C15H13Cl2N3O/c16-11-1-2-12(14(17)4-11)13-3-9(13)7-20-15(21)10-5-18-8-19-6-10/h1-2,4-6,8-9,13H,3,7H2,(H,20,21)/t9-,13+/m0/s1. The summed E-state index contributed by atoms with van der Waals surface area (Å²) < 4.78 is 0. The predicted octanol–water partition coefficient (Wildman–Crippen LogP) is 3.32. The summed E-state index contributed by atoms with van der Waals surface area (Å²) >= 11 is 12.1. The van der Waals surface area contributed by atoms with Crippen molar-refractivity contribution >= 4 is 29.1 Å². The van der Waals surface area contributed by atoms with Crippen molar-refractivity contribution in [2.24, 2.45) is 5.92 Å². The molecule has 2 atom stereocenters. The van der Waals surface area contributed by atoms with Gasteiger partial charge >= 0.3 is 0 Å². The zero-order chi connectivity index (χ0) is 14.8. The van der Waals surface area contributed by atoms with Crippen molar-refractivity contribution < 1.29 is 4.79 Å². The summed E-state index contributed by atoms with van der Waals surface area (Å²) in [4.78, 5) is 19.6. The maximum absolute atomic E-state index is 11.9. The number of carbonyl (C=O) groups is 1. The molecule has 0 aliphatic heterocycles. The zero-order valence-corrected chi connectivity index (χ0v) is 12.6. The summed E-state index contributed by atoms with van der Waals surface area (Å²) in [5.74, 6) is 0.655. The molecule has 1 aromatic carbocycles. The number of amides is 1. The molecule has 1 amide bonds. The van der Waals surface area contributed by atoms with E-state index in [0.717, 1.165) is 12.0 Å². The van der Waals surface area contributed by atoms with Crippen LogP contribution < -0.4 is 5.32 Å². The molecule has 1 aromatic heterocycles. The van der Waals surface area contributed by atoms with Gasteiger partial charge in [-0.3, -0.25) is 4.79 Å². The molecule has 0 unspecified atom stereocenters. The van der Waals surface area contributed by atoms with E-state index in [0.29, 0.717) is 34.0 Å². The molecule has 0 bridgehead atoms. The number of hydrogen-bond donors (Lipinski definition) is 1. The van der Waals surface area contributed by atoms with Gasteiger partial charge in [0.25, 0.3) is 5.91 Å². The quantitative estimate of drug-likeness (QED) is 0.939. The maximum atomic E-state index is 11.9. The average molecular weight is 322 g/mol. The van der Waals surface area contributed by atoms with Gasteiger partial charge in [0.2, 0.25) is 0 Å². The van der Waals surface area contributed by atoms with Gasteiger partial charge in [-0.05, 0) is 36.0 Å². The van der Waals surface area contributed by atoms with Crippen LogP contribution in [0.3, 0.4) is 0 Å². The van der Waals surface area contributed by atoms with E-state index >= 15 is 0 Å². The van der Waals surface area contributed by atoms with Crippen molar-refractivity contribution in [3.8, 4) is 0 Å². The Morgan fingerprint density at radius 2 is 2.05 bits per heavy atom. The van der Waals surface area contributed by atoms with Crippen LogP contribution in [0.2, 0.25) is 10.0 Å². The maximum Gasteiger partial charge on any atom is 0.254 e. The topological polar surface area (TPSA) is 54.9 Å². The van der Waals surface area contributed by atoms with Crippen LogP contribution in [-0.4, -0.2) is 22.4 Å².